The molecule has 6 rings (SSSR count). The van der Waals surface area contributed by atoms with Crippen molar-refractivity contribution in [3.63, 3.8) is 0 Å². The van der Waals surface area contributed by atoms with E-state index in [0.29, 0.717) is 87.8 Å². The third kappa shape index (κ3) is 6.15. The van der Waals surface area contributed by atoms with Gasteiger partial charge in [-0.15, -0.1) is 0 Å². The molecule has 1 aliphatic carbocycles. The number of benzene rings is 1. The molecule has 15 heteroatoms. The highest BCUT2D eigenvalue weighted by molar-refractivity contribution is 7.93. The summed E-state index contributed by atoms with van der Waals surface area (Å²) in [5, 5.41) is 23.5. The highest BCUT2D eigenvalue weighted by Gasteiger charge is 2.54. The third-order valence-corrected chi connectivity index (χ3v) is 14.2. The minimum absolute atomic E-state index is 0.00730. The van der Waals surface area contributed by atoms with Crippen molar-refractivity contribution in [2.75, 3.05) is 64.6 Å². The fourth-order valence-electron chi connectivity index (χ4n) is 6.54. The molecule has 1 saturated carbocycles. The summed E-state index contributed by atoms with van der Waals surface area (Å²) in [7, 11) is -5.52. The Kier molecular flexibility index (Phi) is 8.82. The van der Waals surface area contributed by atoms with Gasteiger partial charge < -0.3 is 34.6 Å². The van der Waals surface area contributed by atoms with Crippen molar-refractivity contribution >= 4 is 25.5 Å². The van der Waals surface area contributed by atoms with E-state index in [4.69, 9.17) is 14.2 Å². The van der Waals surface area contributed by atoms with Gasteiger partial charge >= 0.3 is 0 Å². The van der Waals surface area contributed by atoms with Crippen LogP contribution < -0.4 is 19.7 Å². The minimum atomic E-state index is -3.75. The minimum Gasteiger partial charge on any atom is -0.491 e. The molecular weight excluding hydrogens is 624 g/mol. The van der Waals surface area contributed by atoms with Crippen molar-refractivity contribution in [3.05, 3.63) is 36.0 Å². The summed E-state index contributed by atoms with van der Waals surface area (Å²) in [6.07, 6.45) is 3.24. The molecular formula is C30H42N4O9S2. The zero-order chi connectivity index (χ0) is 32.0. The monoisotopic (exact) mass is 666 g/mol. The standard InChI is InChI=1S/C30H42N4O9S2/c1-21-26(17-32-28-27(21)33(2)12-13-41-28)45(39,40)34-10-8-29(9-11-34)15-22(18-43-29)31-16-23(36)19-42-24-4-3-5-25(14-24)44(37,38)30(20-35)6-7-30/h3-5,14,17,22-23,31,35-36H,6-13,15-16,18-20H2,1-2H3. The molecule has 0 radical (unpaired) electrons. The first-order chi connectivity index (χ1) is 21.4. The molecule has 1 spiro atoms. The van der Waals surface area contributed by atoms with Gasteiger partial charge in [-0.3, -0.25) is 0 Å². The molecule has 1 aromatic heterocycles. The predicted octanol–water partition coefficient (Wildman–Crippen LogP) is 0.859. The van der Waals surface area contributed by atoms with Crippen molar-refractivity contribution in [1.82, 2.24) is 14.6 Å². The maximum Gasteiger partial charge on any atom is 0.244 e. The van der Waals surface area contributed by atoms with Gasteiger partial charge in [0, 0.05) is 32.7 Å². The zero-order valence-electron chi connectivity index (χ0n) is 25.6. The highest BCUT2D eigenvalue weighted by atomic mass is 32.2. The van der Waals surface area contributed by atoms with Gasteiger partial charge in [-0.25, -0.2) is 21.8 Å². The van der Waals surface area contributed by atoms with E-state index in [-0.39, 0.29) is 29.0 Å². The highest BCUT2D eigenvalue weighted by Crippen LogP contribution is 2.46. The Balaban J connectivity index is 0.982. The van der Waals surface area contributed by atoms with Crippen LogP contribution in [0.2, 0.25) is 0 Å². The second kappa shape index (κ2) is 12.2. The summed E-state index contributed by atoms with van der Waals surface area (Å²) in [5.41, 5.74) is 0.918. The molecule has 2 aromatic rings. The number of rotatable bonds is 11. The lowest BCUT2D eigenvalue weighted by Crippen LogP contribution is -2.47. The lowest BCUT2D eigenvalue weighted by Gasteiger charge is -2.38. The van der Waals surface area contributed by atoms with Gasteiger partial charge in [0.1, 0.15) is 35.7 Å². The number of fused-ring (bicyclic) bond motifs is 1. The van der Waals surface area contributed by atoms with E-state index in [0.717, 1.165) is 0 Å². The summed E-state index contributed by atoms with van der Waals surface area (Å²) >= 11 is 0. The van der Waals surface area contributed by atoms with E-state index < -0.39 is 42.9 Å². The van der Waals surface area contributed by atoms with Gasteiger partial charge in [-0.05, 0) is 62.8 Å². The number of likely N-dealkylation sites (N-methyl/N-ethyl adjacent to an activating group) is 1. The third-order valence-electron chi connectivity index (χ3n) is 9.60. The van der Waals surface area contributed by atoms with Crippen LogP contribution in [0.3, 0.4) is 0 Å². The Bertz CT molecular complexity index is 1620. The Hall–Kier alpha value is -2.53. The lowest BCUT2D eigenvalue weighted by atomic mass is 9.88. The Morgan fingerprint density at radius 1 is 1.16 bits per heavy atom. The number of hydrogen-bond donors (Lipinski definition) is 3. The van der Waals surface area contributed by atoms with Crippen LogP contribution in [0.25, 0.3) is 0 Å². The molecule has 2 atom stereocenters. The first-order valence-corrected chi connectivity index (χ1v) is 18.3. The maximum atomic E-state index is 13.6. The van der Waals surface area contributed by atoms with Crippen molar-refractivity contribution < 1.29 is 41.3 Å². The quantitative estimate of drug-likeness (QED) is 0.310. The molecule has 45 heavy (non-hydrogen) atoms. The van der Waals surface area contributed by atoms with Gasteiger partial charge in [0.15, 0.2) is 9.84 Å². The molecule has 3 fully saturated rings. The van der Waals surface area contributed by atoms with Crippen LogP contribution >= 0.6 is 0 Å². The maximum absolute atomic E-state index is 13.6. The van der Waals surface area contributed by atoms with Gasteiger partial charge in [-0.1, -0.05) is 6.07 Å². The molecule has 4 heterocycles. The van der Waals surface area contributed by atoms with E-state index in [1.165, 1.54) is 22.6 Å². The molecule has 1 aromatic carbocycles. The second-order valence-corrected chi connectivity index (χ2v) is 16.9. The number of hydrogen-bond acceptors (Lipinski definition) is 12. The lowest BCUT2D eigenvalue weighted by molar-refractivity contribution is -0.0312. The van der Waals surface area contributed by atoms with E-state index >= 15 is 0 Å². The van der Waals surface area contributed by atoms with Crippen LogP contribution in [0.1, 0.15) is 37.7 Å². The molecule has 4 aliphatic rings. The number of aliphatic hydroxyl groups is 2. The summed E-state index contributed by atoms with van der Waals surface area (Å²) in [5.74, 6) is 0.785. The summed E-state index contributed by atoms with van der Waals surface area (Å²) in [6.45, 7) is 3.89. The van der Waals surface area contributed by atoms with Crippen molar-refractivity contribution in [1.29, 1.82) is 0 Å². The molecule has 2 saturated heterocycles. The number of sulfonamides is 1. The Morgan fingerprint density at radius 3 is 2.62 bits per heavy atom. The number of aliphatic hydroxyl groups excluding tert-OH is 2. The number of aromatic nitrogens is 1. The molecule has 3 aliphatic heterocycles. The van der Waals surface area contributed by atoms with Gasteiger partial charge in [-0.2, -0.15) is 4.31 Å². The number of nitrogens with zero attached hydrogens (tertiary/aromatic N) is 3. The van der Waals surface area contributed by atoms with Crippen LogP contribution in [-0.4, -0.2) is 118 Å². The fourth-order valence-corrected chi connectivity index (χ4v) is 9.99. The number of nitrogens with one attached hydrogen (secondary N) is 1. The van der Waals surface area contributed by atoms with Crippen molar-refractivity contribution in [2.24, 2.45) is 0 Å². The predicted molar refractivity (Wildman–Crippen MR) is 165 cm³/mol. The fraction of sp³-hybridized carbons (Fsp3) is 0.633. The Morgan fingerprint density at radius 2 is 1.91 bits per heavy atom. The first kappa shape index (κ1) is 32.4. The van der Waals surface area contributed by atoms with Crippen LogP contribution in [0, 0.1) is 6.92 Å². The van der Waals surface area contributed by atoms with E-state index in [1.54, 1.807) is 19.1 Å². The van der Waals surface area contributed by atoms with Gasteiger partial charge in [0.25, 0.3) is 0 Å². The SMILES string of the molecule is Cc1c(S(=O)(=O)N2CCC3(CC2)CC(NCC(O)COc2cccc(S(=O)(=O)C4(CO)CC4)c2)CO3)cnc2c1N(C)CCO2. The number of ether oxygens (including phenoxy) is 3. The van der Waals surface area contributed by atoms with Gasteiger partial charge in [0.2, 0.25) is 15.9 Å². The number of sulfone groups is 1. The van der Waals surface area contributed by atoms with E-state index in [2.05, 4.69) is 10.3 Å². The molecule has 3 N–H and O–H groups in total. The molecule has 13 nitrogen and oxygen atoms in total. The summed E-state index contributed by atoms with van der Waals surface area (Å²) in [6, 6.07) is 6.14. The van der Waals surface area contributed by atoms with Crippen molar-refractivity contribution in [3.8, 4) is 11.6 Å². The topological polar surface area (TPSA) is 168 Å². The van der Waals surface area contributed by atoms with Crippen molar-refractivity contribution in [2.45, 2.75) is 71.3 Å². The first-order valence-electron chi connectivity index (χ1n) is 15.4. The van der Waals surface area contributed by atoms with Crippen LogP contribution in [-0.2, 0) is 24.6 Å². The average Bonchev–Trinajstić information content (AvgIpc) is 3.75. The number of piperidine rings is 1. The molecule has 0 amide bonds. The molecule has 2 unspecified atom stereocenters. The number of pyridine rings is 1. The summed E-state index contributed by atoms with van der Waals surface area (Å²) < 4.78 is 71.0. The molecule has 0 bridgehead atoms. The van der Waals surface area contributed by atoms with Crippen LogP contribution in [0.15, 0.2) is 40.3 Å². The normalized spacial score (nSPS) is 23.4. The van der Waals surface area contributed by atoms with Crippen LogP contribution in [0.4, 0.5) is 5.69 Å². The largest absolute Gasteiger partial charge is 0.491 e. The number of anilines is 1. The average molecular weight is 667 g/mol. The second-order valence-electron chi connectivity index (χ2n) is 12.7. The van der Waals surface area contributed by atoms with Gasteiger partial charge in [0.05, 0.1) is 41.2 Å². The smallest absolute Gasteiger partial charge is 0.244 e. The van der Waals surface area contributed by atoms with E-state index in [9.17, 15) is 27.0 Å². The Labute approximate surface area is 264 Å². The molecule has 248 valence electrons. The summed E-state index contributed by atoms with van der Waals surface area (Å²) in [4.78, 5) is 6.57. The van der Waals surface area contributed by atoms with E-state index in [1.807, 2.05) is 11.9 Å². The van der Waals surface area contributed by atoms with Crippen LogP contribution in [0.5, 0.6) is 11.6 Å². The zero-order valence-corrected chi connectivity index (χ0v) is 27.3.